The number of hydrogen-bond acceptors (Lipinski definition) is 4. The summed E-state index contributed by atoms with van der Waals surface area (Å²) in [5, 5.41) is 1.09. The molecule has 4 nitrogen and oxygen atoms in total. The first-order valence-corrected chi connectivity index (χ1v) is 10.0. The zero-order valence-electron chi connectivity index (χ0n) is 15.0. The van der Waals surface area contributed by atoms with Crippen LogP contribution in [0.2, 0.25) is 0 Å². The lowest BCUT2D eigenvalue weighted by Gasteiger charge is -2.19. The van der Waals surface area contributed by atoms with E-state index < -0.39 is 0 Å². The largest absolute Gasteiger partial charge is 0.473 e. The number of fused-ring (bicyclic) bond motifs is 1. The Morgan fingerprint density at radius 2 is 1.57 bits per heavy atom. The molecule has 28 heavy (non-hydrogen) atoms. The molecule has 0 aliphatic carbocycles. The fraction of sp³-hybridized carbons (Fsp3) is 0.0870. The van der Waals surface area contributed by atoms with Crippen LogP contribution in [-0.2, 0) is 4.74 Å². The average molecular weight is 479 g/mol. The van der Waals surface area contributed by atoms with E-state index in [2.05, 4.69) is 61.8 Å². The molecule has 5 heteroatoms. The van der Waals surface area contributed by atoms with Gasteiger partial charge in [0.05, 0.1) is 5.52 Å². The minimum Gasteiger partial charge on any atom is -0.473 e. The van der Waals surface area contributed by atoms with E-state index in [1.165, 1.54) is 14.7 Å². The number of nitrogens with zero attached hydrogens (tertiary/aromatic N) is 3. The molecule has 1 aromatic heterocycles. The van der Waals surface area contributed by atoms with E-state index in [1.54, 1.807) is 12.7 Å². The normalized spacial score (nSPS) is 17.6. The maximum absolute atomic E-state index is 5.69. The van der Waals surface area contributed by atoms with Gasteiger partial charge in [-0.1, -0.05) is 66.7 Å². The van der Waals surface area contributed by atoms with Crippen LogP contribution >= 0.6 is 22.6 Å². The maximum atomic E-state index is 5.69. The lowest BCUT2D eigenvalue weighted by molar-refractivity contribution is 0.204. The van der Waals surface area contributed by atoms with E-state index in [0.29, 0.717) is 0 Å². The standard InChI is InChI=1S/C15H12INO.C8H6N2/c16-13-9-5-4-8-12(13)15-14(17-10-18-15)11-6-2-1-3-7-11;1-2-4-8-7(3-1)5-9-6-10-8/h1-10,14-15H;1-6H. The zero-order chi connectivity index (χ0) is 19.2. The quantitative estimate of drug-likeness (QED) is 0.344. The fourth-order valence-electron chi connectivity index (χ4n) is 3.10. The first-order valence-electron chi connectivity index (χ1n) is 8.94. The van der Waals surface area contributed by atoms with Gasteiger partial charge in [0.15, 0.2) is 12.5 Å². The molecule has 138 valence electrons. The van der Waals surface area contributed by atoms with Crippen molar-refractivity contribution in [2.45, 2.75) is 12.1 Å². The molecule has 0 spiro atoms. The number of rotatable bonds is 2. The summed E-state index contributed by atoms with van der Waals surface area (Å²) >= 11 is 2.34. The number of halogens is 1. The first kappa shape index (κ1) is 18.6. The molecule has 0 amide bonds. The molecule has 4 aromatic rings. The minimum atomic E-state index is -0.0134. The second kappa shape index (κ2) is 8.93. The Morgan fingerprint density at radius 3 is 2.39 bits per heavy atom. The third kappa shape index (κ3) is 4.20. The van der Waals surface area contributed by atoms with Crippen molar-refractivity contribution in [1.29, 1.82) is 0 Å². The summed E-state index contributed by atoms with van der Waals surface area (Å²) < 4.78 is 6.90. The molecule has 0 bridgehead atoms. The van der Waals surface area contributed by atoms with Crippen molar-refractivity contribution in [3.05, 3.63) is 106 Å². The van der Waals surface area contributed by atoms with Gasteiger partial charge in [0.1, 0.15) is 12.4 Å². The second-order valence-electron chi connectivity index (χ2n) is 6.27. The number of hydrogen-bond donors (Lipinski definition) is 0. The molecule has 0 fully saturated rings. The molecular formula is C23H18IN3O. The van der Waals surface area contributed by atoms with Crippen molar-refractivity contribution in [2.24, 2.45) is 4.99 Å². The van der Waals surface area contributed by atoms with Gasteiger partial charge < -0.3 is 4.74 Å². The van der Waals surface area contributed by atoms with Gasteiger partial charge in [-0.15, -0.1) is 0 Å². The van der Waals surface area contributed by atoms with Crippen LogP contribution in [-0.4, -0.2) is 16.4 Å². The molecule has 0 saturated carbocycles. The van der Waals surface area contributed by atoms with E-state index in [4.69, 9.17) is 4.74 Å². The van der Waals surface area contributed by atoms with Crippen LogP contribution in [0.4, 0.5) is 0 Å². The lowest BCUT2D eigenvalue weighted by Crippen LogP contribution is -2.08. The Kier molecular flexibility index (Phi) is 5.92. The molecule has 0 saturated heterocycles. The topological polar surface area (TPSA) is 47.4 Å². The molecule has 1 aliphatic rings. The van der Waals surface area contributed by atoms with Crippen LogP contribution in [0.15, 0.2) is 96.4 Å². The summed E-state index contributed by atoms with van der Waals surface area (Å²) in [5.74, 6) is 0. The van der Waals surface area contributed by atoms with Crippen molar-refractivity contribution >= 4 is 39.9 Å². The summed E-state index contributed by atoms with van der Waals surface area (Å²) in [4.78, 5) is 12.4. The first-order chi connectivity index (χ1) is 13.8. The molecule has 0 N–H and O–H groups in total. The van der Waals surface area contributed by atoms with Crippen LogP contribution in [0.5, 0.6) is 0 Å². The van der Waals surface area contributed by atoms with Crippen LogP contribution < -0.4 is 0 Å². The molecular weight excluding hydrogens is 461 g/mol. The van der Waals surface area contributed by atoms with E-state index in [0.717, 1.165) is 10.9 Å². The van der Waals surface area contributed by atoms with Gasteiger partial charge in [-0.05, 0) is 40.3 Å². The highest BCUT2D eigenvalue weighted by Crippen LogP contribution is 2.39. The van der Waals surface area contributed by atoms with Gasteiger partial charge in [0.25, 0.3) is 0 Å². The average Bonchev–Trinajstić information content (AvgIpc) is 3.25. The summed E-state index contributed by atoms with van der Waals surface area (Å²) in [6.45, 7) is 0. The van der Waals surface area contributed by atoms with Crippen molar-refractivity contribution in [3.8, 4) is 0 Å². The predicted octanol–water partition coefficient (Wildman–Crippen LogP) is 5.76. The van der Waals surface area contributed by atoms with Gasteiger partial charge in [-0.25, -0.2) is 15.0 Å². The molecule has 0 radical (unpaired) electrons. The van der Waals surface area contributed by atoms with Crippen molar-refractivity contribution < 1.29 is 4.74 Å². The number of aromatic nitrogens is 2. The Morgan fingerprint density at radius 1 is 0.821 bits per heavy atom. The predicted molar refractivity (Wildman–Crippen MR) is 120 cm³/mol. The van der Waals surface area contributed by atoms with Gasteiger partial charge in [0, 0.05) is 20.7 Å². The summed E-state index contributed by atoms with van der Waals surface area (Å²) in [6.07, 6.45) is 4.93. The molecule has 2 heterocycles. The summed E-state index contributed by atoms with van der Waals surface area (Å²) in [5.41, 5.74) is 3.39. The van der Waals surface area contributed by atoms with Gasteiger partial charge in [0.2, 0.25) is 0 Å². The van der Waals surface area contributed by atoms with Gasteiger partial charge >= 0.3 is 0 Å². The molecule has 2 atom stereocenters. The van der Waals surface area contributed by atoms with Crippen molar-refractivity contribution in [2.75, 3.05) is 0 Å². The summed E-state index contributed by atoms with van der Waals surface area (Å²) in [7, 11) is 0. The van der Waals surface area contributed by atoms with E-state index in [9.17, 15) is 0 Å². The molecule has 5 rings (SSSR count). The highest BCUT2D eigenvalue weighted by molar-refractivity contribution is 14.1. The number of para-hydroxylation sites is 1. The Labute approximate surface area is 177 Å². The lowest BCUT2D eigenvalue weighted by atomic mass is 9.97. The Hall–Kier alpha value is -2.80. The number of aliphatic imine (C=N–C) groups is 1. The van der Waals surface area contributed by atoms with E-state index in [-0.39, 0.29) is 12.1 Å². The SMILES string of the molecule is Ic1ccccc1C1OC=NC1c1ccccc1.c1ccc2ncncc2c1. The van der Waals surface area contributed by atoms with Crippen molar-refractivity contribution in [3.63, 3.8) is 0 Å². The van der Waals surface area contributed by atoms with Gasteiger partial charge in [-0.3, -0.25) is 0 Å². The third-order valence-corrected chi connectivity index (χ3v) is 5.46. The Balaban J connectivity index is 0.000000162. The van der Waals surface area contributed by atoms with Crippen LogP contribution in [0, 0.1) is 3.57 Å². The van der Waals surface area contributed by atoms with E-state index >= 15 is 0 Å². The highest BCUT2D eigenvalue weighted by atomic mass is 127. The van der Waals surface area contributed by atoms with E-state index in [1.807, 2.05) is 60.8 Å². The zero-order valence-corrected chi connectivity index (χ0v) is 17.2. The number of benzene rings is 3. The number of ether oxygens (including phenoxy) is 1. The third-order valence-electron chi connectivity index (χ3n) is 4.48. The fourth-order valence-corrected chi connectivity index (χ4v) is 3.80. The minimum absolute atomic E-state index is 0.0134. The Bertz CT molecular complexity index is 1020. The maximum Gasteiger partial charge on any atom is 0.171 e. The molecule has 2 unspecified atom stereocenters. The monoisotopic (exact) mass is 479 g/mol. The smallest absolute Gasteiger partial charge is 0.171 e. The van der Waals surface area contributed by atoms with Crippen molar-refractivity contribution in [1.82, 2.24) is 9.97 Å². The summed E-state index contributed by atoms with van der Waals surface area (Å²) in [6, 6.07) is 26.5. The highest BCUT2D eigenvalue weighted by Gasteiger charge is 2.30. The molecule has 1 aliphatic heterocycles. The van der Waals surface area contributed by atoms with Crippen LogP contribution in [0.1, 0.15) is 23.3 Å². The van der Waals surface area contributed by atoms with Crippen LogP contribution in [0.25, 0.3) is 10.9 Å². The van der Waals surface area contributed by atoms with Gasteiger partial charge in [-0.2, -0.15) is 0 Å². The molecule has 3 aromatic carbocycles. The van der Waals surface area contributed by atoms with Crippen LogP contribution in [0.3, 0.4) is 0 Å². The second-order valence-corrected chi connectivity index (χ2v) is 7.43.